The summed E-state index contributed by atoms with van der Waals surface area (Å²) < 4.78 is 0. The molecule has 0 radical (unpaired) electrons. The quantitative estimate of drug-likeness (QED) is 0.771. The molecule has 0 aliphatic carbocycles. The van der Waals surface area contributed by atoms with Crippen LogP contribution in [0.2, 0.25) is 0 Å². The summed E-state index contributed by atoms with van der Waals surface area (Å²) in [6, 6.07) is 9.53. The number of rotatable bonds is 5. The topological polar surface area (TPSA) is 63.3 Å². The zero-order valence-electron chi connectivity index (χ0n) is 8.47. The van der Waals surface area contributed by atoms with Crippen molar-refractivity contribution in [3.05, 3.63) is 42.0 Å². The fourth-order valence-electron chi connectivity index (χ4n) is 1.25. The second-order valence-electron chi connectivity index (χ2n) is 3.41. The van der Waals surface area contributed by atoms with Crippen molar-refractivity contribution in [2.45, 2.75) is 18.9 Å². The molecule has 1 rings (SSSR count). The predicted molar refractivity (Wildman–Crippen MR) is 60.3 cm³/mol. The average molecular weight is 205 g/mol. The van der Waals surface area contributed by atoms with E-state index in [2.05, 4.69) is 0 Å². The molecule has 1 aromatic rings. The maximum Gasteiger partial charge on any atom is 0.304 e. The van der Waals surface area contributed by atoms with E-state index < -0.39 is 5.97 Å². The Hall–Kier alpha value is -1.61. The summed E-state index contributed by atoms with van der Waals surface area (Å²) in [6.45, 7) is 0. The second kappa shape index (κ2) is 5.98. The van der Waals surface area contributed by atoms with Crippen molar-refractivity contribution in [2.75, 3.05) is 0 Å². The van der Waals surface area contributed by atoms with E-state index in [4.69, 9.17) is 10.8 Å². The normalized spacial score (nSPS) is 12.9. The third-order valence-corrected chi connectivity index (χ3v) is 1.99. The molecular weight excluding hydrogens is 190 g/mol. The number of hydrogen-bond donors (Lipinski definition) is 2. The molecule has 0 fully saturated rings. The maximum atomic E-state index is 10.3. The van der Waals surface area contributed by atoms with Crippen molar-refractivity contribution < 1.29 is 9.90 Å². The van der Waals surface area contributed by atoms with Gasteiger partial charge >= 0.3 is 5.97 Å². The molecule has 0 spiro atoms. The van der Waals surface area contributed by atoms with E-state index in [1.165, 1.54) is 0 Å². The molecule has 0 aliphatic heterocycles. The number of carbonyl (C=O) groups is 1. The third-order valence-electron chi connectivity index (χ3n) is 1.99. The summed E-state index contributed by atoms with van der Waals surface area (Å²) in [6.07, 6.45) is 4.45. The molecule has 0 unspecified atom stereocenters. The van der Waals surface area contributed by atoms with Gasteiger partial charge in [-0.05, 0) is 12.0 Å². The largest absolute Gasteiger partial charge is 0.481 e. The van der Waals surface area contributed by atoms with Gasteiger partial charge in [0.1, 0.15) is 0 Å². The Morgan fingerprint density at radius 1 is 1.40 bits per heavy atom. The van der Waals surface area contributed by atoms with Crippen LogP contribution in [-0.2, 0) is 4.79 Å². The fourth-order valence-corrected chi connectivity index (χ4v) is 1.25. The first kappa shape index (κ1) is 11.5. The lowest BCUT2D eigenvalue weighted by Crippen LogP contribution is -2.22. The molecule has 80 valence electrons. The molecule has 0 aliphatic rings. The molecule has 1 atom stereocenters. The summed E-state index contributed by atoms with van der Waals surface area (Å²) in [5, 5.41) is 8.50. The van der Waals surface area contributed by atoms with E-state index in [0.717, 1.165) is 5.56 Å². The summed E-state index contributed by atoms with van der Waals surface area (Å²) in [4.78, 5) is 10.3. The summed E-state index contributed by atoms with van der Waals surface area (Å²) in [7, 11) is 0. The Kier molecular flexibility index (Phi) is 4.57. The highest BCUT2D eigenvalue weighted by molar-refractivity contribution is 5.67. The van der Waals surface area contributed by atoms with E-state index in [1.54, 1.807) is 0 Å². The molecule has 0 bridgehead atoms. The summed E-state index contributed by atoms with van der Waals surface area (Å²) >= 11 is 0. The van der Waals surface area contributed by atoms with Gasteiger partial charge in [0.15, 0.2) is 0 Å². The van der Waals surface area contributed by atoms with Gasteiger partial charge in [0.05, 0.1) is 6.42 Å². The maximum absolute atomic E-state index is 10.3. The Labute approximate surface area is 89.2 Å². The molecule has 3 nitrogen and oxygen atoms in total. The molecule has 1 aromatic carbocycles. The third kappa shape index (κ3) is 4.98. The molecule has 3 N–H and O–H groups in total. The first-order valence-corrected chi connectivity index (χ1v) is 4.87. The first-order chi connectivity index (χ1) is 7.18. The monoisotopic (exact) mass is 205 g/mol. The van der Waals surface area contributed by atoms with Gasteiger partial charge < -0.3 is 10.8 Å². The van der Waals surface area contributed by atoms with Crippen LogP contribution in [0.15, 0.2) is 36.4 Å². The van der Waals surface area contributed by atoms with E-state index >= 15 is 0 Å². The van der Waals surface area contributed by atoms with Crippen molar-refractivity contribution in [3.8, 4) is 0 Å². The van der Waals surface area contributed by atoms with Crippen molar-refractivity contribution in [1.82, 2.24) is 0 Å². The number of benzene rings is 1. The van der Waals surface area contributed by atoms with Crippen LogP contribution in [0.4, 0.5) is 0 Å². The molecule has 0 aromatic heterocycles. The highest BCUT2D eigenvalue weighted by Crippen LogP contribution is 2.03. The van der Waals surface area contributed by atoms with E-state index in [0.29, 0.717) is 6.42 Å². The van der Waals surface area contributed by atoms with E-state index in [1.807, 2.05) is 42.5 Å². The zero-order chi connectivity index (χ0) is 11.1. The Bertz CT molecular complexity index is 333. The van der Waals surface area contributed by atoms with Gasteiger partial charge in [-0.15, -0.1) is 0 Å². The number of aliphatic carboxylic acids is 1. The smallest absolute Gasteiger partial charge is 0.304 e. The SMILES string of the molecule is N[C@@H](C/C=C/c1ccccc1)CC(=O)O. The number of carboxylic acids is 1. The minimum Gasteiger partial charge on any atom is -0.481 e. The van der Waals surface area contributed by atoms with Crippen LogP contribution in [0.5, 0.6) is 0 Å². The Morgan fingerprint density at radius 3 is 2.67 bits per heavy atom. The van der Waals surface area contributed by atoms with Crippen LogP contribution in [0.25, 0.3) is 6.08 Å². The Balaban J connectivity index is 2.37. The van der Waals surface area contributed by atoms with E-state index in [-0.39, 0.29) is 12.5 Å². The molecule has 15 heavy (non-hydrogen) atoms. The van der Waals surface area contributed by atoms with Gasteiger partial charge in [-0.3, -0.25) is 4.79 Å². The van der Waals surface area contributed by atoms with Crippen molar-refractivity contribution in [3.63, 3.8) is 0 Å². The van der Waals surface area contributed by atoms with Gasteiger partial charge in [-0.25, -0.2) is 0 Å². The first-order valence-electron chi connectivity index (χ1n) is 4.87. The lowest BCUT2D eigenvalue weighted by Gasteiger charge is -2.03. The lowest BCUT2D eigenvalue weighted by molar-refractivity contribution is -0.137. The Morgan fingerprint density at radius 2 is 2.07 bits per heavy atom. The van der Waals surface area contributed by atoms with Crippen molar-refractivity contribution in [1.29, 1.82) is 0 Å². The summed E-state index contributed by atoms with van der Waals surface area (Å²) in [5.74, 6) is -0.851. The molecule has 0 heterocycles. The van der Waals surface area contributed by atoms with E-state index in [9.17, 15) is 4.79 Å². The number of nitrogens with two attached hydrogens (primary N) is 1. The van der Waals surface area contributed by atoms with Gasteiger partial charge in [-0.2, -0.15) is 0 Å². The number of hydrogen-bond acceptors (Lipinski definition) is 2. The molecule has 0 saturated heterocycles. The van der Waals surface area contributed by atoms with Crippen molar-refractivity contribution in [2.24, 2.45) is 5.73 Å². The minimum atomic E-state index is -0.851. The molecular formula is C12H15NO2. The summed E-state index contributed by atoms with van der Waals surface area (Å²) in [5.41, 5.74) is 6.70. The highest BCUT2D eigenvalue weighted by atomic mass is 16.4. The fraction of sp³-hybridized carbons (Fsp3) is 0.250. The minimum absolute atomic E-state index is 0.0130. The standard InChI is InChI=1S/C12H15NO2/c13-11(9-12(14)15)8-4-7-10-5-2-1-3-6-10/h1-7,11H,8-9,13H2,(H,14,15)/b7-4+/t11-/m0/s1. The van der Waals surface area contributed by atoms with Gasteiger partial charge in [0.25, 0.3) is 0 Å². The predicted octanol–water partition coefficient (Wildman–Crippen LogP) is 1.89. The van der Waals surface area contributed by atoms with Gasteiger partial charge in [-0.1, -0.05) is 42.5 Å². The van der Waals surface area contributed by atoms with Crippen LogP contribution >= 0.6 is 0 Å². The zero-order valence-corrected chi connectivity index (χ0v) is 8.47. The van der Waals surface area contributed by atoms with Crippen molar-refractivity contribution >= 4 is 12.0 Å². The van der Waals surface area contributed by atoms with Crippen LogP contribution in [0.1, 0.15) is 18.4 Å². The van der Waals surface area contributed by atoms with Gasteiger partial charge in [0, 0.05) is 6.04 Å². The second-order valence-corrected chi connectivity index (χ2v) is 3.41. The highest BCUT2D eigenvalue weighted by Gasteiger charge is 2.04. The van der Waals surface area contributed by atoms with Crippen LogP contribution < -0.4 is 5.73 Å². The average Bonchev–Trinajstić information content (AvgIpc) is 2.18. The van der Waals surface area contributed by atoms with Crippen LogP contribution in [-0.4, -0.2) is 17.1 Å². The molecule has 3 heteroatoms. The van der Waals surface area contributed by atoms with Crippen LogP contribution in [0.3, 0.4) is 0 Å². The van der Waals surface area contributed by atoms with Gasteiger partial charge in [0.2, 0.25) is 0 Å². The molecule has 0 saturated carbocycles. The molecule has 0 amide bonds. The van der Waals surface area contributed by atoms with Crippen LogP contribution in [0, 0.1) is 0 Å². The number of carboxylic acid groups (broad SMARTS) is 1. The lowest BCUT2D eigenvalue weighted by atomic mass is 10.1.